The van der Waals surface area contributed by atoms with Gasteiger partial charge in [-0.25, -0.2) is 12.8 Å². The van der Waals surface area contributed by atoms with Crippen LogP contribution in [-0.2, 0) is 9.84 Å². The number of sulfone groups is 1. The third-order valence-corrected chi connectivity index (χ3v) is 6.18. The Morgan fingerprint density at radius 1 is 1.04 bits per heavy atom. The number of rotatable bonds is 4. The van der Waals surface area contributed by atoms with E-state index in [0.29, 0.717) is 22.1 Å². The van der Waals surface area contributed by atoms with Gasteiger partial charge in [0.25, 0.3) is 0 Å². The predicted octanol–water partition coefficient (Wildman–Crippen LogP) is 4.16. The molecule has 1 unspecified atom stereocenters. The van der Waals surface area contributed by atoms with Crippen LogP contribution in [0.3, 0.4) is 0 Å². The van der Waals surface area contributed by atoms with E-state index in [4.69, 9.17) is 0 Å². The lowest BCUT2D eigenvalue weighted by Gasteiger charge is -2.17. The molecule has 0 aliphatic carbocycles. The Hall–Kier alpha value is -2.24. The summed E-state index contributed by atoms with van der Waals surface area (Å²) in [4.78, 5) is 0.243. The van der Waals surface area contributed by atoms with Crippen molar-refractivity contribution >= 4 is 20.6 Å². The number of hydrogen-bond donors (Lipinski definition) is 1. The molecule has 0 heterocycles. The molecular formula is C20H19FO3S. The van der Waals surface area contributed by atoms with Crippen molar-refractivity contribution in [3.63, 3.8) is 0 Å². The van der Waals surface area contributed by atoms with Gasteiger partial charge in [-0.05, 0) is 58.7 Å². The summed E-state index contributed by atoms with van der Waals surface area (Å²) in [5.74, 6) is -0.343. The first-order valence-corrected chi connectivity index (χ1v) is 9.68. The van der Waals surface area contributed by atoms with Crippen LogP contribution in [0.15, 0.2) is 59.5 Å². The normalized spacial score (nSPS) is 13.1. The van der Waals surface area contributed by atoms with Crippen molar-refractivity contribution in [2.75, 3.05) is 5.75 Å². The molecule has 1 N–H and O–H groups in total. The molecule has 0 aliphatic rings. The molecule has 0 spiro atoms. The van der Waals surface area contributed by atoms with Crippen LogP contribution < -0.4 is 0 Å². The molecule has 0 bridgehead atoms. The lowest BCUT2D eigenvalue weighted by atomic mass is 9.93. The fraction of sp³-hybridized carbons (Fsp3) is 0.200. The van der Waals surface area contributed by atoms with E-state index in [1.54, 1.807) is 38.1 Å². The highest BCUT2D eigenvalue weighted by molar-refractivity contribution is 7.91. The van der Waals surface area contributed by atoms with Crippen LogP contribution in [0.5, 0.6) is 0 Å². The van der Waals surface area contributed by atoms with E-state index >= 15 is 0 Å². The van der Waals surface area contributed by atoms with Gasteiger partial charge in [-0.1, -0.05) is 37.3 Å². The van der Waals surface area contributed by atoms with E-state index in [2.05, 4.69) is 0 Å². The number of halogens is 1. The van der Waals surface area contributed by atoms with Crippen molar-refractivity contribution in [1.29, 1.82) is 0 Å². The van der Waals surface area contributed by atoms with Crippen LogP contribution in [0.4, 0.5) is 4.39 Å². The van der Waals surface area contributed by atoms with E-state index in [-0.39, 0.29) is 16.5 Å². The molecule has 0 saturated carbocycles. The minimum absolute atomic E-state index is 0.0247. The molecule has 5 heteroatoms. The van der Waals surface area contributed by atoms with Gasteiger partial charge in [-0.2, -0.15) is 0 Å². The highest BCUT2D eigenvalue weighted by Crippen LogP contribution is 2.32. The van der Waals surface area contributed by atoms with Gasteiger partial charge in [0.05, 0.1) is 10.6 Å². The number of fused-ring (bicyclic) bond motifs is 1. The molecule has 0 amide bonds. The van der Waals surface area contributed by atoms with Crippen LogP contribution in [0.2, 0.25) is 0 Å². The van der Waals surface area contributed by atoms with E-state index in [1.165, 1.54) is 18.2 Å². The van der Waals surface area contributed by atoms with E-state index < -0.39 is 15.9 Å². The Balaban J connectivity index is 2.10. The Morgan fingerprint density at radius 3 is 2.48 bits per heavy atom. The smallest absolute Gasteiger partial charge is 0.178 e. The van der Waals surface area contributed by atoms with Gasteiger partial charge in [-0.3, -0.25) is 0 Å². The molecule has 130 valence electrons. The van der Waals surface area contributed by atoms with Crippen molar-refractivity contribution in [1.82, 2.24) is 0 Å². The molecule has 3 nitrogen and oxygen atoms in total. The minimum Gasteiger partial charge on any atom is -0.384 e. The second-order valence-electron chi connectivity index (χ2n) is 6.04. The van der Waals surface area contributed by atoms with Crippen molar-refractivity contribution in [2.45, 2.75) is 24.8 Å². The van der Waals surface area contributed by atoms with Gasteiger partial charge in [0.1, 0.15) is 11.9 Å². The minimum atomic E-state index is -3.30. The van der Waals surface area contributed by atoms with E-state index in [0.717, 1.165) is 5.39 Å². The fourth-order valence-electron chi connectivity index (χ4n) is 2.99. The lowest BCUT2D eigenvalue weighted by molar-refractivity contribution is 0.221. The summed E-state index contributed by atoms with van der Waals surface area (Å²) in [7, 11) is -3.30. The zero-order valence-electron chi connectivity index (χ0n) is 14.0. The van der Waals surface area contributed by atoms with Crippen LogP contribution >= 0.6 is 0 Å². The standard InChI is InChI=1S/C20H19FO3S/c1-3-25(23,24)16-9-10-17(13(2)11-16)20(22)18-6-4-5-14-7-8-15(21)12-19(14)18/h4-12,20,22H,3H2,1-2H3. The van der Waals surface area contributed by atoms with Crippen molar-refractivity contribution < 1.29 is 17.9 Å². The van der Waals surface area contributed by atoms with Crippen LogP contribution in [0.1, 0.15) is 29.7 Å². The maximum atomic E-state index is 13.6. The summed E-state index contributed by atoms with van der Waals surface area (Å²) in [6.07, 6.45) is -0.969. The first kappa shape index (κ1) is 17.6. The summed E-state index contributed by atoms with van der Waals surface area (Å²) in [6.45, 7) is 3.36. The first-order chi connectivity index (χ1) is 11.8. The van der Waals surface area contributed by atoms with Gasteiger partial charge in [0, 0.05) is 0 Å². The van der Waals surface area contributed by atoms with E-state index in [9.17, 15) is 17.9 Å². The Bertz CT molecular complexity index is 1040. The number of aliphatic hydroxyl groups is 1. The lowest BCUT2D eigenvalue weighted by Crippen LogP contribution is -2.07. The second kappa shape index (κ2) is 6.58. The Morgan fingerprint density at radius 2 is 1.80 bits per heavy atom. The third kappa shape index (κ3) is 3.30. The van der Waals surface area contributed by atoms with Gasteiger partial charge < -0.3 is 5.11 Å². The molecule has 0 radical (unpaired) electrons. The molecule has 0 aliphatic heterocycles. The zero-order chi connectivity index (χ0) is 18.2. The molecular weight excluding hydrogens is 339 g/mol. The largest absolute Gasteiger partial charge is 0.384 e. The molecule has 0 aromatic heterocycles. The summed E-state index contributed by atoms with van der Waals surface area (Å²) in [6, 6.07) is 14.6. The first-order valence-electron chi connectivity index (χ1n) is 8.03. The Labute approximate surface area is 146 Å². The zero-order valence-corrected chi connectivity index (χ0v) is 14.8. The molecule has 1 atom stereocenters. The maximum absolute atomic E-state index is 13.6. The third-order valence-electron chi connectivity index (χ3n) is 4.45. The monoisotopic (exact) mass is 358 g/mol. The average molecular weight is 358 g/mol. The van der Waals surface area contributed by atoms with Gasteiger partial charge >= 0.3 is 0 Å². The maximum Gasteiger partial charge on any atom is 0.178 e. The Kier molecular flexibility index (Phi) is 4.62. The van der Waals surface area contributed by atoms with Gasteiger partial charge in [0.15, 0.2) is 9.84 Å². The summed E-state index contributed by atoms with van der Waals surface area (Å²) >= 11 is 0. The van der Waals surface area contributed by atoms with Crippen molar-refractivity contribution in [2.24, 2.45) is 0 Å². The summed E-state index contributed by atoms with van der Waals surface area (Å²) < 4.78 is 37.7. The molecule has 3 aromatic carbocycles. The molecule has 0 fully saturated rings. The van der Waals surface area contributed by atoms with Gasteiger partial charge in [0.2, 0.25) is 0 Å². The predicted molar refractivity (Wildman–Crippen MR) is 96.9 cm³/mol. The quantitative estimate of drug-likeness (QED) is 0.762. The highest BCUT2D eigenvalue weighted by atomic mass is 32.2. The second-order valence-corrected chi connectivity index (χ2v) is 8.32. The van der Waals surface area contributed by atoms with Crippen LogP contribution in [0, 0.1) is 12.7 Å². The topological polar surface area (TPSA) is 54.4 Å². The number of aryl methyl sites for hydroxylation is 1. The number of aliphatic hydroxyl groups excluding tert-OH is 1. The number of hydrogen-bond acceptors (Lipinski definition) is 3. The van der Waals surface area contributed by atoms with E-state index in [1.807, 2.05) is 12.1 Å². The highest BCUT2D eigenvalue weighted by Gasteiger charge is 2.19. The van der Waals surface area contributed by atoms with Crippen LogP contribution in [0.25, 0.3) is 10.8 Å². The molecule has 3 aromatic rings. The SMILES string of the molecule is CCS(=O)(=O)c1ccc(C(O)c2cccc3ccc(F)cc23)c(C)c1. The summed E-state index contributed by atoms with van der Waals surface area (Å²) in [5, 5.41) is 12.3. The van der Waals surface area contributed by atoms with Gasteiger partial charge in [-0.15, -0.1) is 0 Å². The molecule has 0 saturated heterocycles. The fourth-order valence-corrected chi connectivity index (χ4v) is 3.96. The van der Waals surface area contributed by atoms with Crippen LogP contribution in [-0.4, -0.2) is 19.3 Å². The molecule has 3 rings (SSSR count). The average Bonchev–Trinajstić information content (AvgIpc) is 2.60. The number of benzene rings is 3. The van der Waals surface area contributed by atoms with Crippen molar-refractivity contribution in [3.05, 3.63) is 77.1 Å². The van der Waals surface area contributed by atoms with Crippen molar-refractivity contribution in [3.8, 4) is 0 Å². The summed E-state index contributed by atoms with van der Waals surface area (Å²) in [5.41, 5.74) is 1.87. The molecule has 25 heavy (non-hydrogen) atoms.